The van der Waals surface area contributed by atoms with Crippen LogP contribution in [0.5, 0.6) is 0 Å². The minimum absolute atomic E-state index is 0.0450. The molecule has 1 spiro atoms. The van der Waals surface area contributed by atoms with Crippen LogP contribution in [-0.4, -0.2) is 38.3 Å². The van der Waals surface area contributed by atoms with Gasteiger partial charge in [0.1, 0.15) is 0 Å². The summed E-state index contributed by atoms with van der Waals surface area (Å²) in [4.78, 5) is 28.5. The first-order valence-corrected chi connectivity index (χ1v) is 11.5. The van der Waals surface area contributed by atoms with Crippen molar-refractivity contribution in [2.45, 2.75) is 51.2 Å². The summed E-state index contributed by atoms with van der Waals surface area (Å²) >= 11 is 0. The molecule has 34 heavy (non-hydrogen) atoms. The second-order valence-corrected chi connectivity index (χ2v) is 9.48. The molecule has 1 aliphatic heterocycles. The maximum atomic E-state index is 13.8. The van der Waals surface area contributed by atoms with Gasteiger partial charge in [0, 0.05) is 42.4 Å². The van der Waals surface area contributed by atoms with Crippen LogP contribution >= 0.6 is 0 Å². The molecule has 2 aliphatic rings. The second kappa shape index (κ2) is 8.49. The van der Waals surface area contributed by atoms with Gasteiger partial charge in [0.2, 0.25) is 0 Å². The SMILES string of the molecule is Cc1ccc(-c2ncccn2)c(C(=O)N2CC3(CC3)C[C@H]2CCc2cc(C(F)(F)F)ccn2)c1. The topological polar surface area (TPSA) is 59.0 Å². The molecule has 1 aromatic carbocycles. The normalized spacial score (nSPS) is 18.9. The summed E-state index contributed by atoms with van der Waals surface area (Å²) in [6, 6.07) is 9.47. The Hall–Kier alpha value is -3.29. The van der Waals surface area contributed by atoms with Crippen LogP contribution in [-0.2, 0) is 12.6 Å². The van der Waals surface area contributed by atoms with Crippen molar-refractivity contribution in [2.75, 3.05) is 6.54 Å². The fourth-order valence-electron chi connectivity index (χ4n) is 4.93. The number of hydrogen-bond acceptors (Lipinski definition) is 4. The molecule has 5 nitrogen and oxygen atoms in total. The van der Waals surface area contributed by atoms with Crippen LogP contribution in [0.25, 0.3) is 11.4 Å². The van der Waals surface area contributed by atoms with E-state index >= 15 is 0 Å². The molecular formula is C26H25F3N4O. The van der Waals surface area contributed by atoms with Crippen molar-refractivity contribution in [3.8, 4) is 11.4 Å². The van der Waals surface area contributed by atoms with Gasteiger partial charge in [-0.3, -0.25) is 9.78 Å². The van der Waals surface area contributed by atoms with E-state index in [0.29, 0.717) is 42.0 Å². The van der Waals surface area contributed by atoms with Gasteiger partial charge >= 0.3 is 6.18 Å². The number of carbonyl (C=O) groups is 1. The van der Waals surface area contributed by atoms with E-state index in [4.69, 9.17) is 0 Å². The molecule has 0 radical (unpaired) electrons. The number of amides is 1. The lowest BCUT2D eigenvalue weighted by Gasteiger charge is -2.26. The summed E-state index contributed by atoms with van der Waals surface area (Å²) in [5.41, 5.74) is 2.07. The predicted molar refractivity (Wildman–Crippen MR) is 121 cm³/mol. The number of benzene rings is 1. The summed E-state index contributed by atoms with van der Waals surface area (Å²) < 4.78 is 39.3. The third-order valence-electron chi connectivity index (χ3n) is 6.92. The van der Waals surface area contributed by atoms with Crippen molar-refractivity contribution >= 4 is 5.91 Å². The van der Waals surface area contributed by atoms with Crippen molar-refractivity contribution in [3.05, 3.63) is 77.4 Å². The van der Waals surface area contributed by atoms with Gasteiger partial charge in [-0.1, -0.05) is 17.7 Å². The molecule has 1 saturated heterocycles. The molecule has 8 heteroatoms. The van der Waals surface area contributed by atoms with Gasteiger partial charge in [0.25, 0.3) is 5.91 Å². The highest BCUT2D eigenvalue weighted by Crippen LogP contribution is 2.55. The summed E-state index contributed by atoms with van der Waals surface area (Å²) in [5, 5.41) is 0. The molecule has 0 N–H and O–H groups in total. The van der Waals surface area contributed by atoms with Crippen LogP contribution < -0.4 is 0 Å². The zero-order valence-corrected chi connectivity index (χ0v) is 18.8. The van der Waals surface area contributed by atoms with E-state index < -0.39 is 11.7 Å². The predicted octanol–water partition coefficient (Wildman–Crippen LogP) is 5.49. The van der Waals surface area contributed by atoms with Crippen LogP contribution in [0, 0.1) is 12.3 Å². The van der Waals surface area contributed by atoms with E-state index in [-0.39, 0.29) is 17.4 Å². The van der Waals surface area contributed by atoms with E-state index in [2.05, 4.69) is 15.0 Å². The average molecular weight is 467 g/mol. The van der Waals surface area contributed by atoms with Crippen LogP contribution in [0.15, 0.2) is 55.0 Å². The molecule has 176 valence electrons. The van der Waals surface area contributed by atoms with E-state index in [9.17, 15) is 18.0 Å². The number of likely N-dealkylation sites (tertiary alicyclic amines) is 1. The minimum atomic E-state index is -4.40. The van der Waals surface area contributed by atoms with E-state index in [1.165, 1.54) is 6.20 Å². The van der Waals surface area contributed by atoms with E-state index in [0.717, 1.165) is 37.0 Å². The molecule has 3 heterocycles. The van der Waals surface area contributed by atoms with Crippen LogP contribution in [0.3, 0.4) is 0 Å². The van der Waals surface area contributed by atoms with E-state index in [1.54, 1.807) is 18.5 Å². The quantitative estimate of drug-likeness (QED) is 0.499. The Kier molecular flexibility index (Phi) is 5.62. The first kappa shape index (κ1) is 22.5. The first-order chi connectivity index (χ1) is 16.2. The molecule has 3 aromatic rings. The zero-order valence-electron chi connectivity index (χ0n) is 18.8. The van der Waals surface area contributed by atoms with Gasteiger partial charge in [-0.05, 0) is 68.7 Å². The molecule has 2 aromatic heterocycles. The average Bonchev–Trinajstić information content (AvgIpc) is 3.48. The highest BCUT2D eigenvalue weighted by atomic mass is 19.4. The maximum absolute atomic E-state index is 13.8. The number of pyridine rings is 1. The molecule has 1 saturated carbocycles. The van der Waals surface area contributed by atoms with Crippen molar-refractivity contribution in [1.29, 1.82) is 0 Å². The lowest BCUT2D eigenvalue weighted by atomic mass is 9.98. The first-order valence-electron chi connectivity index (χ1n) is 11.5. The smallest absolute Gasteiger partial charge is 0.335 e. The Labute approximate surface area is 196 Å². The number of alkyl halides is 3. The summed E-state index contributed by atoms with van der Waals surface area (Å²) in [7, 11) is 0. The molecule has 5 rings (SSSR count). The molecule has 1 atom stereocenters. The maximum Gasteiger partial charge on any atom is 0.416 e. The molecule has 0 bridgehead atoms. The van der Waals surface area contributed by atoms with Crippen LogP contribution in [0.1, 0.15) is 52.9 Å². The third-order valence-corrected chi connectivity index (χ3v) is 6.92. The van der Waals surface area contributed by atoms with Gasteiger partial charge in [0.15, 0.2) is 5.82 Å². The Morgan fingerprint density at radius 2 is 1.85 bits per heavy atom. The number of hydrogen-bond donors (Lipinski definition) is 0. The van der Waals surface area contributed by atoms with Gasteiger partial charge in [-0.15, -0.1) is 0 Å². The summed E-state index contributed by atoms with van der Waals surface area (Å²) in [5.74, 6) is 0.424. The molecule has 2 fully saturated rings. The van der Waals surface area contributed by atoms with E-state index in [1.807, 2.05) is 30.0 Å². The number of carbonyl (C=O) groups excluding carboxylic acids is 1. The largest absolute Gasteiger partial charge is 0.416 e. The number of aryl methyl sites for hydroxylation is 2. The van der Waals surface area contributed by atoms with Gasteiger partial charge in [-0.25, -0.2) is 9.97 Å². The third kappa shape index (κ3) is 4.54. The van der Waals surface area contributed by atoms with Gasteiger partial charge in [0.05, 0.1) is 11.1 Å². The highest BCUT2D eigenvalue weighted by molar-refractivity contribution is 6.00. The minimum Gasteiger partial charge on any atom is -0.335 e. The lowest BCUT2D eigenvalue weighted by Crippen LogP contribution is -2.36. The standard InChI is InChI=1S/C26H25F3N4O/c1-17-3-6-21(23-31-10-2-11-32-23)22(13-17)24(34)33-16-25(8-9-25)15-20(33)5-4-19-14-18(7-12-30-19)26(27,28)29/h2-3,6-7,10-14,20H,4-5,8-9,15-16H2,1H3/t20-/m1/s1. The summed E-state index contributed by atoms with van der Waals surface area (Å²) in [6.45, 7) is 2.62. The monoisotopic (exact) mass is 466 g/mol. The van der Waals surface area contributed by atoms with Crippen molar-refractivity contribution in [1.82, 2.24) is 19.9 Å². The highest BCUT2D eigenvalue weighted by Gasteiger charge is 2.53. The Bertz CT molecular complexity index is 1210. The van der Waals surface area contributed by atoms with Gasteiger partial charge < -0.3 is 4.90 Å². The Morgan fingerprint density at radius 1 is 1.09 bits per heavy atom. The number of halogens is 3. The van der Waals surface area contributed by atoms with Crippen LogP contribution in [0.2, 0.25) is 0 Å². The molecule has 0 unspecified atom stereocenters. The second-order valence-electron chi connectivity index (χ2n) is 9.48. The molecular weight excluding hydrogens is 441 g/mol. The van der Waals surface area contributed by atoms with Crippen molar-refractivity contribution in [3.63, 3.8) is 0 Å². The Balaban J connectivity index is 1.40. The fraction of sp³-hybridized carbons (Fsp3) is 0.385. The zero-order chi connectivity index (χ0) is 23.9. The number of rotatable bonds is 5. The Morgan fingerprint density at radius 3 is 2.56 bits per heavy atom. The fourth-order valence-corrected chi connectivity index (χ4v) is 4.93. The lowest BCUT2D eigenvalue weighted by molar-refractivity contribution is -0.137. The number of nitrogens with zero attached hydrogens (tertiary/aromatic N) is 4. The van der Waals surface area contributed by atoms with Gasteiger partial charge in [-0.2, -0.15) is 13.2 Å². The van der Waals surface area contributed by atoms with Crippen LogP contribution in [0.4, 0.5) is 13.2 Å². The summed E-state index contributed by atoms with van der Waals surface area (Å²) in [6.07, 6.45) is 4.10. The van der Waals surface area contributed by atoms with Crippen molar-refractivity contribution < 1.29 is 18.0 Å². The number of aromatic nitrogens is 3. The van der Waals surface area contributed by atoms with Crippen molar-refractivity contribution in [2.24, 2.45) is 5.41 Å². The molecule has 1 amide bonds. The molecule has 1 aliphatic carbocycles.